The quantitative estimate of drug-likeness (QED) is 0.0517. The van der Waals surface area contributed by atoms with Crippen molar-refractivity contribution in [2.45, 2.75) is 126 Å². The first-order valence-electron chi connectivity index (χ1n) is 40.3. The van der Waals surface area contributed by atoms with Crippen molar-refractivity contribution in [3.63, 3.8) is 0 Å². The number of anilines is 4. The fourth-order valence-electron chi connectivity index (χ4n) is 17.9. The molecule has 27 heteroatoms. The van der Waals surface area contributed by atoms with E-state index in [1.165, 1.54) is 34.7 Å². The molecule has 0 aromatic heterocycles. The molecule has 5 atom stereocenters. The molecule has 0 aliphatic carbocycles. The van der Waals surface area contributed by atoms with Gasteiger partial charge in [-0.2, -0.15) is 23.5 Å². The number of methoxy groups -OCH3 is 2. The van der Waals surface area contributed by atoms with Gasteiger partial charge in [0.25, 0.3) is 11.8 Å². The van der Waals surface area contributed by atoms with E-state index in [1.807, 2.05) is 216 Å². The summed E-state index contributed by atoms with van der Waals surface area (Å²) < 4.78 is 41.5. The number of amides is 6. The first-order valence-corrected chi connectivity index (χ1v) is 43.1. The van der Waals surface area contributed by atoms with Crippen LogP contribution in [-0.4, -0.2) is 163 Å². The van der Waals surface area contributed by atoms with E-state index in [2.05, 4.69) is 73.3 Å². The minimum Gasteiger partial charge on any atom is -0.522 e. The number of ether oxygens (including phenoxy) is 6. The Bertz CT molecular complexity index is 5990. The summed E-state index contributed by atoms with van der Waals surface area (Å²) in [6.45, 7) is 11.0. The van der Waals surface area contributed by atoms with Crippen molar-refractivity contribution in [1.82, 2.24) is 19.6 Å². The Labute approximate surface area is 830 Å². The maximum atomic E-state index is 14.1. The molecule has 8 aliphatic heterocycles. The normalized spacial score (nSPS) is 17.1. The van der Waals surface area contributed by atoms with Crippen LogP contribution in [0.3, 0.4) is 0 Å². The second-order valence-corrected chi connectivity index (χ2v) is 33.7. The molecule has 10 aromatic rings. The number of hydrogen-bond acceptors (Lipinski definition) is 16. The number of rotatable bonds is 20. The van der Waals surface area contributed by atoms with Crippen LogP contribution in [0.25, 0.3) is 0 Å². The van der Waals surface area contributed by atoms with Crippen LogP contribution in [0.2, 0.25) is 0 Å². The Morgan fingerprint density at radius 3 is 1.28 bits per heavy atom. The Balaban J connectivity index is 0.000000235. The van der Waals surface area contributed by atoms with Crippen molar-refractivity contribution in [3.8, 4) is 34.5 Å². The fourth-order valence-corrected chi connectivity index (χ4v) is 18.8. The molecule has 10 aromatic carbocycles. The topological polar surface area (TPSA) is 190 Å². The summed E-state index contributed by atoms with van der Waals surface area (Å²) in [6, 6.07) is 58.7. The minimum absolute atomic E-state index is 0. The molecular formula is C100H107N10O12S2Y3-. The largest absolute Gasteiger partial charge is 0.522 e. The number of carbonyl (C=O) groups excluding carboxylic acids is 6. The number of hydrogen-bond donors (Lipinski definition) is 0. The zero-order valence-electron chi connectivity index (χ0n) is 71.8. The molecule has 6 amide bonds. The zero-order valence-corrected chi connectivity index (χ0v) is 81.9. The summed E-state index contributed by atoms with van der Waals surface area (Å²) in [7, 11) is 14.5. The van der Waals surface area contributed by atoms with Crippen LogP contribution in [0.5, 0.6) is 34.5 Å². The van der Waals surface area contributed by atoms with Crippen LogP contribution in [0, 0.1) is 20.4 Å². The fraction of sp³-hybridized carbons (Fsp3) is 0.310. The Morgan fingerprint density at radius 1 is 0.449 bits per heavy atom. The predicted octanol–water partition coefficient (Wildman–Crippen LogP) is 17.6. The Kier molecular flexibility index (Phi) is 32.0. The van der Waals surface area contributed by atoms with Gasteiger partial charge in [-0.1, -0.05) is 125 Å². The molecule has 8 aliphatic rings. The third-order valence-electron chi connectivity index (χ3n) is 24.5. The molecule has 3 radical (unpaired) electrons. The van der Waals surface area contributed by atoms with Crippen molar-refractivity contribution in [2.24, 2.45) is 0 Å². The number of thioether (sulfide) groups is 2. The molecule has 127 heavy (non-hydrogen) atoms. The van der Waals surface area contributed by atoms with Gasteiger partial charge in [0, 0.05) is 186 Å². The monoisotopic (exact) mass is 1970 g/mol. The Hall–Kier alpha value is -9.23. The van der Waals surface area contributed by atoms with Crippen LogP contribution in [0.1, 0.15) is 173 Å². The minimum atomic E-state index is -0.304. The molecule has 0 N–H and O–H groups in total. The van der Waals surface area contributed by atoms with E-state index < -0.39 is 0 Å². The van der Waals surface area contributed by atoms with Gasteiger partial charge in [0.1, 0.15) is 57.8 Å². The van der Waals surface area contributed by atoms with Gasteiger partial charge in [0.05, 0.1) is 90.5 Å². The van der Waals surface area contributed by atoms with E-state index in [0.29, 0.717) is 111 Å². The van der Waals surface area contributed by atoms with Gasteiger partial charge in [-0.05, 0) is 191 Å². The molecule has 0 saturated carbocycles. The van der Waals surface area contributed by atoms with Crippen LogP contribution in [0.4, 0.5) is 34.1 Å². The second-order valence-electron chi connectivity index (χ2n) is 32.0. The van der Waals surface area contributed by atoms with Crippen LogP contribution >= 0.6 is 23.5 Å². The van der Waals surface area contributed by atoms with Crippen LogP contribution in [0.15, 0.2) is 182 Å². The third-order valence-corrected chi connectivity index (χ3v) is 25.5. The number of nitrogens with zero attached hydrogens (tertiary/aromatic N) is 10. The third kappa shape index (κ3) is 19.0. The maximum Gasteiger partial charge on any atom is 0.256 e. The number of aryl methyl sites for hydroxylation is 2. The number of benzene rings is 10. The molecule has 22 nitrogen and oxygen atoms in total. The van der Waals surface area contributed by atoms with Gasteiger partial charge in [-0.25, -0.2) is 6.54 Å². The van der Waals surface area contributed by atoms with Crippen LogP contribution < -0.4 is 48.0 Å². The second kappa shape index (κ2) is 41.3. The van der Waals surface area contributed by atoms with Crippen molar-refractivity contribution in [2.75, 3.05) is 100 Å². The predicted molar refractivity (Wildman–Crippen MR) is 491 cm³/mol. The van der Waals surface area contributed by atoms with Crippen LogP contribution in [-0.2, 0) is 160 Å². The van der Waals surface area contributed by atoms with Gasteiger partial charge >= 0.3 is 0 Å². The summed E-state index contributed by atoms with van der Waals surface area (Å²) >= 11 is 2.94. The number of likely N-dealkylation sites (N-methyl/N-ethyl adjacent to an activating group) is 2. The van der Waals surface area contributed by atoms with Gasteiger partial charge < -0.3 is 76.8 Å². The van der Waals surface area contributed by atoms with E-state index in [4.69, 9.17) is 28.4 Å². The average Bonchev–Trinajstić information content (AvgIpc) is 1.59. The molecule has 0 bridgehead atoms. The molecule has 1 unspecified atom stereocenters. The van der Waals surface area contributed by atoms with Crippen molar-refractivity contribution < 1.29 is 164 Å². The number of carbonyl (C=O) groups is 6. The molecule has 651 valence electrons. The molecule has 8 heterocycles. The smallest absolute Gasteiger partial charge is 0.256 e. The average molecular weight is 1970 g/mol. The first kappa shape index (κ1) is 98.4. The molecule has 0 saturated heterocycles. The standard InChI is InChI=1S/C49H50N5O6S.C48H45N5O6S.3CH4.3Y/c1-29-16-38-41(51(4)30(2)47-37-15-11-9-13-34(37)24-54(47)49(38)57)22-43(29)59-26-31-17-32(19-35(18-31)52(5)46(55)28-61-7)27-60-45-21-40-39(20-44(45)58-6)48(56)53-23-33-12-8-10-14-36(33)42(53)25-50(40)3;1-29-15-37-39(49(2)24-41-35-13-9-7-11-32(35)22-52(41)47(37)55)20-43(29)58-26-30-16-31(18-34(17-30)51(4)46(54)28-60-6)27-59-45-21-40-38(19-44(45)57-5)48(56)53-23-33-12-8-10-14-36(33)42(53)25-50(40)3;;;;;;/h8-22,25,30,42,47H,23-24,26-28H2,1-7H3;7-21,41-42H,22-23,26-28H2,1-6H3;3*1H4;;;/q-1;;;;;;;/t30?,42-,47-;41-,42-;;;;;;/m11....../s1. The SMILES string of the molecule is C.C.C.COc1cc2c(cc1OCc1cc(COc3cc4c(cc3C)C(=O)N3Cc5ccccc5[C@H]3C(C)N4C)cc(N(C)C(=O)CSC)c1)N(C)[CH-][C@@H]1c3ccccc3CN1C2=O.COc1cc2c(cc1OCc1cc(COc3cc4c(cc3C)C(=O)N3Cc5ccccc5[C@H]3[C-]=[N+]4C)cc(N(C)C(=O)CSC)c1)[N+](C)=[C-][C@@H]1c3ccccc3CN1C2=O.[Y].[Y].[Y]. The van der Waals surface area contributed by atoms with Crippen molar-refractivity contribution in [3.05, 3.63) is 289 Å². The maximum absolute atomic E-state index is 14.1. The first-order chi connectivity index (χ1) is 58.5. The van der Waals surface area contributed by atoms with Gasteiger partial charge in [0.2, 0.25) is 23.6 Å². The summed E-state index contributed by atoms with van der Waals surface area (Å²) in [5, 5.41) is 0. The number of fused-ring (bicyclic) bond motifs is 16. The molecule has 0 spiro atoms. The Morgan fingerprint density at radius 2 is 0.803 bits per heavy atom. The van der Waals surface area contributed by atoms with E-state index in [0.717, 1.165) is 83.8 Å². The van der Waals surface area contributed by atoms with Gasteiger partial charge in [0.15, 0.2) is 17.2 Å². The molecule has 0 fully saturated rings. The van der Waals surface area contributed by atoms with Gasteiger partial charge in [-0.3, -0.25) is 28.8 Å². The van der Waals surface area contributed by atoms with E-state index in [1.54, 1.807) is 50.2 Å². The van der Waals surface area contributed by atoms with E-state index >= 15 is 0 Å². The van der Waals surface area contributed by atoms with E-state index in [9.17, 15) is 28.8 Å². The molecule has 18 rings (SSSR count). The van der Waals surface area contributed by atoms with Crippen molar-refractivity contribution >= 4 is 106 Å². The summed E-state index contributed by atoms with van der Waals surface area (Å²) in [5.41, 5.74) is 20.7. The van der Waals surface area contributed by atoms with Gasteiger partial charge in [-0.15, -0.1) is 0 Å². The summed E-state index contributed by atoms with van der Waals surface area (Å²) in [4.78, 5) is 97.5. The van der Waals surface area contributed by atoms with E-state index in [-0.39, 0.29) is 212 Å². The zero-order chi connectivity index (χ0) is 84.5. The summed E-state index contributed by atoms with van der Waals surface area (Å²) in [5.74, 6) is 3.56. The van der Waals surface area contributed by atoms with Crippen molar-refractivity contribution in [1.29, 1.82) is 0 Å². The molecular weight excluding hydrogens is 1860 g/mol. The summed E-state index contributed by atoms with van der Waals surface area (Å²) in [6.07, 6.45) is 10.8.